The van der Waals surface area contributed by atoms with Crippen LogP contribution in [0.4, 0.5) is 5.88 Å². The maximum absolute atomic E-state index is 11.5. The molecule has 0 aromatic carbocycles. The third-order valence-electron chi connectivity index (χ3n) is 2.55. The van der Waals surface area contributed by atoms with E-state index in [9.17, 15) is 4.79 Å². The number of carbonyl (C=O) groups is 1. The van der Waals surface area contributed by atoms with Gasteiger partial charge in [-0.2, -0.15) is 0 Å². The van der Waals surface area contributed by atoms with Gasteiger partial charge >= 0.3 is 0 Å². The molecule has 1 aromatic rings. The maximum Gasteiger partial charge on any atom is 0.234 e. The van der Waals surface area contributed by atoms with Gasteiger partial charge in [0.1, 0.15) is 0 Å². The molecule has 0 spiro atoms. The van der Waals surface area contributed by atoms with Crippen molar-refractivity contribution in [3.8, 4) is 0 Å². The van der Waals surface area contributed by atoms with E-state index < -0.39 is 0 Å². The van der Waals surface area contributed by atoms with Gasteiger partial charge in [-0.15, -0.1) is 0 Å². The highest BCUT2D eigenvalue weighted by Gasteiger charge is 2.26. The van der Waals surface area contributed by atoms with Crippen LogP contribution < -0.4 is 10.6 Å². The second-order valence-corrected chi connectivity index (χ2v) is 3.57. The number of aromatic nitrogens is 1. The normalized spacial score (nSPS) is 16.4. The van der Waals surface area contributed by atoms with Crippen molar-refractivity contribution in [2.75, 3.05) is 18.4 Å². The molecule has 0 radical (unpaired) electrons. The quantitative estimate of drug-likeness (QED) is 0.719. The predicted molar refractivity (Wildman–Crippen MR) is 51.0 cm³/mol. The number of anilines is 1. The van der Waals surface area contributed by atoms with E-state index in [1.165, 1.54) is 0 Å². The molecule has 0 unspecified atom stereocenters. The molecule has 1 fully saturated rings. The van der Waals surface area contributed by atoms with Crippen molar-refractivity contribution in [1.29, 1.82) is 0 Å². The van der Waals surface area contributed by atoms with Gasteiger partial charge in [-0.3, -0.25) is 10.1 Å². The van der Waals surface area contributed by atoms with Crippen LogP contribution in [-0.2, 0) is 4.79 Å². The van der Waals surface area contributed by atoms with Gasteiger partial charge in [-0.25, -0.2) is 0 Å². The summed E-state index contributed by atoms with van der Waals surface area (Å²) in [6.45, 7) is 5.22. The van der Waals surface area contributed by atoms with Gasteiger partial charge in [0.2, 0.25) is 11.8 Å². The number of nitrogens with zero attached hydrogens (tertiary/aromatic N) is 1. The first-order valence-electron chi connectivity index (χ1n) is 4.63. The zero-order valence-electron chi connectivity index (χ0n) is 8.26. The zero-order chi connectivity index (χ0) is 10.1. The number of hydrogen-bond donors (Lipinski definition) is 2. The number of rotatable bonds is 2. The predicted octanol–water partition coefficient (Wildman–Crippen LogP) is 0.449. The van der Waals surface area contributed by atoms with E-state index in [4.69, 9.17) is 4.52 Å². The third-order valence-corrected chi connectivity index (χ3v) is 2.55. The largest absolute Gasteiger partial charge is 0.338 e. The summed E-state index contributed by atoms with van der Waals surface area (Å²) in [4.78, 5) is 11.5. The fourth-order valence-corrected chi connectivity index (χ4v) is 1.22. The molecule has 2 N–H and O–H groups in total. The van der Waals surface area contributed by atoms with Gasteiger partial charge in [0.15, 0.2) is 0 Å². The molecule has 14 heavy (non-hydrogen) atoms. The van der Waals surface area contributed by atoms with Crippen LogP contribution in [0.25, 0.3) is 0 Å². The molecular weight excluding hydrogens is 182 g/mol. The fraction of sp³-hybridized carbons (Fsp3) is 0.556. The minimum Gasteiger partial charge on any atom is -0.338 e. The lowest BCUT2D eigenvalue weighted by molar-refractivity contribution is -0.121. The second-order valence-electron chi connectivity index (χ2n) is 3.57. The van der Waals surface area contributed by atoms with Crippen LogP contribution in [0.15, 0.2) is 4.52 Å². The molecule has 5 heteroatoms. The van der Waals surface area contributed by atoms with E-state index in [2.05, 4.69) is 15.8 Å². The number of amides is 1. The Morgan fingerprint density at radius 3 is 2.71 bits per heavy atom. The van der Waals surface area contributed by atoms with Crippen LogP contribution in [0.5, 0.6) is 0 Å². The van der Waals surface area contributed by atoms with E-state index >= 15 is 0 Å². The average Bonchev–Trinajstić information content (AvgIpc) is 2.33. The van der Waals surface area contributed by atoms with Crippen LogP contribution in [0.3, 0.4) is 0 Å². The standard InChI is InChI=1S/C9H13N3O2/c1-5-6(2)12-14-9(5)11-8(13)7-3-10-4-7/h7,10H,3-4H2,1-2H3,(H,11,13). The summed E-state index contributed by atoms with van der Waals surface area (Å²) in [6, 6.07) is 0. The highest BCUT2D eigenvalue weighted by Crippen LogP contribution is 2.18. The monoisotopic (exact) mass is 195 g/mol. The Labute approximate surface area is 81.8 Å². The van der Waals surface area contributed by atoms with Gasteiger partial charge in [0.25, 0.3) is 0 Å². The van der Waals surface area contributed by atoms with E-state index in [0.717, 1.165) is 24.3 Å². The molecule has 2 heterocycles. The second kappa shape index (κ2) is 3.42. The number of hydrogen-bond acceptors (Lipinski definition) is 4. The van der Waals surface area contributed by atoms with Crippen molar-refractivity contribution < 1.29 is 9.32 Å². The molecule has 1 amide bonds. The molecule has 0 aliphatic carbocycles. The molecule has 0 bridgehead atoms. The number of aryl methyl sites for hydroxylation is 1. The van der Waals surface area contributed by atoms with Crippen molar-refractivity contribution in [3.63, 3.8) is 0 Å². The summed E-state index contributed by atoms with van der Waals surface area (Å²) in [5, 5.41) is 9.53. The summed E-state index contributed by atoms with van der Waals surface area (Å²) in [7, 11) is 0. The Balaban J connectivity index is 2.03. The van der Waals surface area contributed by atoms with E-state index in [-0.39, 0.29) is 11.8 Å². The summed E-state index contributed by atoms with van der Waals surface area (Å²) in [5.74, 6) is 0.544. The Morgan fingerprint density at radius 1 is 1.57 bits per heavy atom. The fourth-order valence-electron chi connectivity index (χ4n) is 1.22. The van der Waals surface area contributed by atoms with Crippen molar-refractivity contribution >= 4 is 11.8 Å². The molecule has 5 nitrogen and oxygen atoms in total. The minimum absolute atomic E-state index is 0.00278. The van der Waals surface area contributed by atoms with Crippen LogP contribution in [0, 0.1) is 19.8 Å². The molecule has 1 aromatic heterocycles. The van der Waals surface area contributed by atoms with E-state index in [1.54, 1.807) is 0 Å². The van der Waals surface area contributed by atoms with Crippen LogP contribution in [0.1, 0.15) is 11.3 Å². The first-order chi connectivity index (χ1) is 6.68. The summed E-state index contributed by atoms with van der Waals surface area (Å²) >= 11 is 0. The Bertz CT molecular complexity index is 355. The lowest BCUT2D eigenvalue weighted by Crippen LogP contribution is -2.48. The highest BCUT2D eigenvalue weighted by molar-refractivity contribution is 5.92. The van der Waals surface area contributed by atoms with Gasteiger partial charge in [0.05, 0.1) is 11.6 Å². The summed E-state index contributed by atoms with van der Waals surface area (Å²) in [5.41, 5.74) is 1.71. The Morgan fingerprint density at radius 2 is 2.29 bits per heavy atom. The molecular formula is C9H13N3O2. The first kappa shape index (κ1) is 9.21. The van der Waals surface area contributed by atoms with E-state index in [0.29, 0.717) is 5.88 Å². The molecule has 1 aliphatic rings. The lowest BCUT2D eigenvalue weighted by Gasteiger charge is -2.25. The first-order valence-corrected chi connectivity index (χ1v) is 4.63. The molecule has 76 valence electrons. The van der Waals surface area contributed by atoms with Crippen LogP contribution in [0.2, 0.25) is 0 Å². The maximum atomic E-state index is 11.5. The van der Waals surface area contributed by atoms with Gasteiger partial charge in [-0.1, -0.05) is 5.16 Å². The average molecular weight is 195 g/mol. The third kappa shape index (κ3) is 1.50. The van der Waals surface area contributed by atoms with Crippen LogP contribution >= 0.6 is 0 Å². The smallest absolute Gasteiger partial charge is 0.234 e. The van der Waals surface area contributed by atoms with Crippen molar-refractivity contribution in [2.24, 2.45) is 5.92 Å². The van der Waals surface area contributed by atoms with Gasteiger partial charge in [0, 0.05) is 18.7 Å². The zero-order valence-corrected chi connectivity index (χ0v) is 8.26. The summed E-state index contributed by atoms with van der Waals surface area (Å²) < 4.78 is 4.98. The van der Waals surface area contributed by atoms with Gasteiger partial charge in [-0.05, 0) is 13.8 Å². The van der Waals surface area contributed by atoms with Crippen LogP contribution in [-0.4, -0.2) is 24.2 Å². The van der Waals surface area contributed by atoms with Gasteiger partial charge < -0.3 is 9.84 Å². The number of nitrogens with one attached hydrogen (secondary N) is 2. The summed E-state index contributed by atoms with van der Waals surface area (Å²) in [6.07, 6.45) is 0. The topological polar surface area (TPSA) is 67.2 Å². The highest BCUT2D eigenvalue weighted by atomic mass is 16.5. The molecule has 1 aliphatic heterocycles. The van der Waals surface area contributed by atoms with Crippen molar-refractivity contribution in [3.05, 3.63) is 11.3 Å². The molecule has 1 saturated heterocycles. The Kier molecular flexibility index (Phi) is 2.25. The SMILES string of the molecule is Cc1noc(NC(=O)C2CNC2)c1C. The molecule has 0 saturated carbocycles. The molecule has 2 rings (SSSR count). The van der Waals surface area contributed by atoms with Crippen molar-refractivity contribution in [2.45, 2.75) is 13.8 Å². The van der Waals surface area contributed by atoms with E-state index in [1.807, 2.05) is 13.8 Å². The lowest BCUT2D eigenvalue weighted by atomic mass is 10.0. The minimum atomic E-state index is 0.00278. The Hall–Kier alpha value is -1.36. The van der Waals surface area contributed by atoms with Crippen molar-refractivity contribution in [1.82, 2.24) is 10.5 Å². The number of carbonyl (C=O) groups excluding carboxylic acids is 1. The molecule has 0 atom stereocenters.